The summed E-state index contributed by atoms with van der Waals surface area (Å²) in [7, 11) is 0. The van der Waals surface area contributed by atoms with Gasteiger partial charge in [-0.1, -0.05) is 51.6 Å². The highest BCUT2D eigenvalue weighted by Crippen LogP contribution is 2.29. The molecule has 2 nitrogen and oxygen atoms in total. The van der Waals surface area contributed by atoms with Crippen molar-refractivity contribution in [1.29, 1.82) is 0 Å². The minimum Gasteiger partial charge on any atom is -0.317 e. The predicted molar refractivity (Wildman–Crippen MR) is 63.1 cm³/mol. The molecule has 0 aliphatic carbocycles. The lowest BCUT2D eigenvalue weighted by atomic mass is 9.86. The van der Waals surface area contributed by atoms with E-state index in [2.05, 4.69) is 38.7 Å². The van der Waals surface area contributed by atoms with Crippen LogP contribution in [0.5, 0.6) is 0 Å². The van der Waals surface area contributed by atoms with Crippen LogP contribution >= 0.6 is 12.6 Å². The standard InChI is InChI=1S/C11H15NOS/c1-11(2,3)8-6-4-5-7-9(8)12-10(13)14/h4-7H,1-3H3,(H2,12,13,14). The minimum absolute atomic E-state index is 0.0207. The van der Waals surface area contributed by atoms with Gasteiger partial charge in [-0.2, -0.15) is 0 Å². The van der Waals surface area contributed by atoms with Gasteiger partial charge in [0.2, 0.25) is 0 Å². The number of carbonyl (C=O) groups excluding carboxylic acids is 1. The first-order chi connectivity index (χ1) is 6.41. The van der Waals surface area contributed by atoms with Crippen LogP contribution in [0.25, 0.3) is 0 Å². The van der Waals surface area contributed by atoms with Crippen LogP contribution in [-0.2, 0) is 5.41 Å². The van der Waals surface area contributed by atoms with E-state index in [-0.39, 0.29) is 10.7 Å². The SMILES string of the molecule is CC(C)(C)c1ccccc1NC(=O)S. The first-order valence-electron chi connectivity index (χ1n) is 4.51. The first-order valence-corrected chi connectivity index (χ1v) is 4.95. The fraction of sp³-hybridized carbons (Fsp3) is 0.364. The Bertz CT molecular complexity index is 341. The van der Waals surface area contributed by atoms with E-state index in [1.165, 1.54) is 0 Å². The van der Waals surface area contributed by atoms with Gasteiger partial charge in [-0.3, -0.25) is 4.79 Å². The monoisotopic (exact) mass is 209 g/mol. The van der Waals surface area contributed by atoms with E-state index in [4.69, 9.17) is 0 Å². The fourth-order valence-corrected chi connectivity index (χ4v) is 1.48. The molecular formula is C11H15NOS. The van der Waals surface area contributed by atoms with Crippen LogP contribution in [-0.4, -0.2) is 5.24 Å². The third-order valence-corrected chi connectivity index (χ3v) is 2.09. The number of benzene rings is 1. The molecule has 1 aromatic carbocycles. The number of carbonyl (C=O) groups is 1. The molecule has 0 saturated heterocycles. The summed E-state index contributed by atoms with van der Waals surface area (Å²) in [5, 5.41) is 2.37. The van der Waals surface area contributed by atoms with Gasteiger partial charge in [0.1, 0.15) is 0 Å². The number of para-hydroxylation sites is 1. The van der Waals surface area contributed by atoms with Crippen molar-refractivity contribution < 1.29 is 4.79 Å². The lowest BCUT2D eigenvalue weighted by molar-refractivity contribution is 0.270. The zero-order valence-electron chi connectivity index (χ0n) is 8.66. The van der Waals surface area contributed by atoms with Gasteiger partial charge in [0, 0.05) is 5.69 Å². The molecule has 0 bridgehead atoms. The Morgan fingerprint density at radius 3 is 2.36 bits per heavy atom. The van der Waals surface area contributed by atoms with Crippen molar-refractivity contribution in [3.8, 4) is 0 Å². The molecule has 0 atom stereocenters. The number of anilines is 1. The van der Waals surface area contributed by atoms with Crippen LogP contribution in [0.3, 0.4) is 0 Å². The largest absolute Gasteiger partial charge is 0.317 e. The molecule has 0 aliphatic rings. The van der Waals surface area contributed by atoms with Crippen LogP contribution < -0.4 is 5.32 Å². The average Bonchev–Trinajstić information content (AvgIpc) is 2.01. The second-order valence-electron chi connectivity index (χ2n) is 4.23. The Morgan fingerprint density at radius 2 is 1.86 bits per heavy atom. The van der Waals surface area contributed by atoms with E-state index in [0.717, 1.165) is 11.3 Å². The Morgan fingerprint density at radius 1 is 1.29 bits per heavy atom. The zero-order chi connectivity index (χ0) is 10.8. The summed E-state index contributed by atoms with van der Waals surface area (Å²) >= 11 is 3.70. The Hall–Kier alpha value is -0.960. The normalized spacial score (nSPS) is 11.1. The highest BCUT2D eigenvalue weighted by atomic mass is 32.1. The second-order valence-corrected chi connectivity index (χ2v) is 4.63. The van der Waals surface area contributed by atoms with Gasteiger partial charge in [-0.15, -0.1) is 0 Å². The molecule has 0 aromatic heterocycles. The molecule has 0 saturated carbocycles. The van der Waals surface area contributed by atoms with Gasteiger partial charge in [0.25, 0.3) is 5.24 Å². The lowest BCUT2D eigenvalue weighted by Gasteiger charge is -2.22. The van der Waals surface area contributed by atoms with Gasteiger partial charge in [0.15, 0.2) is 0 Å². The number of nitrogens with one attached hydrogen (secondary N) is 1. The highest BCUT2D eigenvalue weighted by Gasteiger charge is 2.17. The third kappa shape index (κ3) is 2.77. The first kappa shape index (κ1) is 11.1. The smallest absolute Gasteiger partial charge is 0.280 e. The molecule has 3 heteroatoms. The van der Waals surface area contributed by atoms with E-state index in [1.807, 2.05) is 24.3 Å². The number of amides is 1. The number of hydrogen-bond acceptors (Lipinski definition) is 1. The van der Waals surface area contributed by atoms with E-state index >= 15 is 0 Å². The van der Waals surface area contributed by atoms with Crippen molar-refractivity contribution in [3.05, 3.63) is 29.8 Å². The quantitative estimate of drug-likeness (QED) is 0.681. The summed E-state index contributed by atoms with van der Waals surface area (Å²) in [4.78, 5) is 10.8. The number of hydrogen-bond donors (Lipinski definition) is 2. The summed E-state index contributed by atoms with van der Waals surface area (Å²) in [6.45, 7) is 6.32. The molecule has 1 rings (SSSR count). The van der Waals surface area contributed by atoms with Gasteiger partial charge >= 0.3 is 0 Å². The third-order valence-electron chi connectivity index (χ3n) is 1.98. The maximum absolute atomic E-state index is 10.8. The fourth-order valence-electron chi connectivity index (χ4n) is 1.36. The maximum atomic E-state index is 10.8. The molecule has 0 fully saturated rings. The van der Waals surface area contributed by atoms with Crippen molar-refractivity contribution >= 4 is 23.6 Å². The van der Waals surface area contributed by atoms with Crippen molar-refractivity contribution in [1.82, 2.24) is 0 Å². The minimum atomic E-state index is -0.332. The van der Waals surface area contributed by atoms with Crippen LogP contribution in [0.1, 0.15) is 26.3 Å². The van der Waals surface area contributed by atoms with Gasteiger partial charge in [-0.25, -0.2) is 0 Å². The van der Waals surface area contributed by atoms with Gasteiger partial charge in [0.05, 0.1) is 0 Å². The average molecular weight is 209 g/mol. The summed E-state index contributed by atoms with van der Waals surface area (Å²) < 4.78 is 0. The summed E-state index contributed by atoms with van der Waals surface area (Å²) in [6, 6.07) is 7.76. The Kier molecular flexibility index (Phi) is 3.21. The molecule has 0 spiro atoms. The molecule has 1 N–H and O–H groups in total. The molecule has 0 aliphatic heterocycles. The van der Waals surface area contributed by atoms with E-state index in [1.54, 1.807) is 0 Å². The molecule has 0 unspecified atom stereocenters. The number of rotatable bonds is 1. The van der Waals surface area contributed by atoms with Crippen molar-refractivity contribution in [2.75, 3.05) is 5.32 Å². The van der Waals surface area contributed by atoms with Crippen molar-refractivity contribution in [2.24, 2.45) is 0 Å². The summed E-state index contributed by atoms with van der Waals surface area (Å²) in [5.41, 5.74) is 1.97. The van der Waals surface area contributed by atoms with Crippen molar-refractivity contribution in [3.63, 3.8) is 0 Å². The van der Waals surface area contributed by atoms with Gasteiger partial charge in [-0.05, 0) is 17.0 Å². The summed E-state index contributed by atoms with van der Waals surface area (Å²) in [5.74, 6) is 0. The van der Waals surface area contributed by atoms with Crippen LogP contribution in [0.15, 0.2) is 24.3 Å². The van der Waals surface area contributed by atoms with Crippen LogP contribution in [0, 0.1) is 0 Å². The molecule has 0 heterocycles. The van der Waals surface area contributed by atoms with Crippen LogP contribution in [0.2, 0.25) is 0 Å². The van der Waals surface area contributed by atoms with Crippen molar-refractivity contribution in [2.45, 2.75) is 26.2 Å². The maximum Gasteiger partial charge on any atom is 0.280 e. The lowest BCUT2D eigenvalue weighted by Crippen LogP contribution is -2.15. The molecule has 1 aromatic rings. The molecule has 0 radical (unpaired) electrons. The molecule has 14 heavy (non-hydrogen) atoms. The van der Waals surface area contributed by atoms with E-state index < -0.39 is 0 Å². The molecule has 1 amide bonds. The van der Waals surface area contributed by atoms with Gasteiger partial charge < -0.3 is 5.32 Å². The number of thiol groups is 1. The second kappa shape index (κ2) is 4.05. The van der Waals surface area contributed by atoms with E-state index in [0.29, 0.717) is 0 Å². The highest BCUT2D eigenvalue weighted by molar-refractivity contribution is 7.96. The van der Waals surface area contributed by atoms with Crippen LogP contribution in [0.4, 0.5) is 10.5 Å². The topological polar surface area (TPSA) is 29.1 Å². The Labute approximate surface area is 90.1 Å². The predicted octanol–water partition coefficient (Wildman–Crippen LogP) is 3.45. The summed E-state index contributed by atoms with van der Waals surface area (Å²) in [6.07, 6.45) is 0. The molecular weight excluding hydrogens is 194 g/mol. The molecule has 76 valence electrons. The zero-order valence-corrected chi connectivity index (χ0v) is 9.56. The Balaban J connectivity index is 3.10. The van der Waals surface area contributed by atoms with E-state index in [9.17, 15) is 4.79 Å².